The van der Waals surface area contributed by atoms with Gasteiger partial charge in [0.2, 0.25) is 0 Å². The number of hydrogen-bond donors (Lipinski definition) is 4. The maximum absolute atomic E-state index is 12.9. The molecule has 7 nitrogen and oxygen atoms in total. The van der Waals surface area contributed by atoms with Crippen LogP contribution in [0.4, 0.5) is 11.4 Å². The molecule has 174 valence electrons. The highest BCUT2D eigenvalue weighted by molar-refractivity contribution is 6.15. The third kappa shape index (κ3) is 4.52. The van der Waals surface area contributed by atoms with E-state index in [1.54, 1.807) is 24.4 Å². The lowest BCUT2D eigenvalue weighted by molar-refractivity contribution is 0.0949. The first-order valence-corrected chi connectivity index (χ1v) is 11.8. The Bertz CT molecular complexity index is 1180. The molecular weight excluding hydrogens is 424 g/mol. The van der Waals surface area contributed by atoms with Crippen molar-refractivity contribution in [3.63, 3.8) is 0 Å². The molecule has 1 aromatic heterocycles. The molecular formula is C27H30N6O. The molecule has 1 aliphatic heterocycles. The van der Waals surface area contributed by atoms with E-state index in [-0.39, 0.29) is 11.3 Å². The first kappa shape index (κ1) is 22.1. The van der Waals surface area contributed by atoms with E-state index in [9.17, 15) is 4.79 Å². The summed E-state index contributed by atoms with van der Waals surface area (Å²) in [6.07, 6.45) is 5.73. The lowest BCUT2D eigenvalue weighted by atomic mass is 9.96. The van der Waals surface area contributed by atoms with Crippen molar-refractivity contribution < 1.29 is 4.79 Å². The minimum absolute atomic E-state index is 0.0145. The van der Waals surface area contributed by atoms with E-state index in [0.717, 1.165) is 50.3 Å². The van der Waals surface area contributed by atoms with Gasteiger partial charge in [-0.3, -0.25) is 15.2 Å². The molecule has 1 saturated carbocycles. The summed E-state index contributed by atoms with van der Waals surface area (Å²) in [4.78, 5) is 19.5. The molecule has 1 aliphatic carbocycles. The van der Waals surface area contributed by atoms with Crippen LogP contribution < -0.4 is 21.3 Å². The van der Waals surface area contributed by atoms with Gasteiger partial charge in [0, 0.05) is 78.6 Å². The average molecular weight is 455 g/mol. The Balaban J connectivity index is 1.28. The van der Waals surface area contributed by atoms with Gasteiger partial charge in [0.1, 0.15) is 0 Å². The summed E-state index contributed by atoms with van der Waals surface area (Å²) in [6.45, 7) is 4.48. The van der Waals surface area contributed by atoms with Crippen LogP contribution in [-0.2, 0) is 5.41 Å². The van der Waals surface area contributed by atoms with Crippen LogP contribution >= 0.6 is 0 Å². The zero-order valence-corrected chi connectivity index (χ0v) is 19.2. The van der Waals surface area contributed by atoms with Crippen LogP contribution in [0.1, 0.15) is 39.9 Å². The van der Waals surface area contributed by atoms with Gasteiger partial charge in [-0.05, 0) is 54.8 Å². The number of carbonyl (C=O) groups is 1. The molecule has 1 amide bonds. The van der Waals surface area contributed by atoms with Gasteiger partial charge in [0.05, 0.1) is 5.71 Å². The van der Waals surface area contributed by atoms with Gasteiger partial charge in [0.15, 0.2) is 0 Å². The first-order valence-electron chi connectivity index (χ1n) is 11.8. The molecule has 0 bridgehead atoms. The van der Waals surface area contributed by atoms with E-state index >= 15 is 0 Å². The van der Waals surface area contributed by atoms with Crippen molar-refractivity contribution in [1.29, 1.82) is 5.41 Å². The van der Waals surface area contributed by atoms with Crippen molar-refractivity contribution >= 4 is 23.0 Å². The normalized spacial score (nSPS) is 16.6. The van der Waals surface area contributed by atoms with Crippen molar-refractivity contribution in [2.45, 2.75) is 18.3 Å². The summed E-state index contributed by atoms with van der Waals surface area (Å²) in [6, 6.07) is 17.2. The Morgan fingerprint density at radius 1 is 1.09 bits per heavy atom. The van der Waals surface area contributed by atoms with E-state index < -0.39 is 0 Å². The molecule has 7 heteroatoms. The van der Waals surface area contributed by atoms with E-state index in [2.05, 4.69) is 38.7 Å². The first-order chi connectivity index (χ1) is 16.6. The number of nitrogens with zero attached hydrogens (tertiary/aromatic N) is 2. The second-order valence-corrected chi connectivity index (χ2v) is 9.17. The number of aromatic nitrogens is 1. The number of nitrogens with one attached hydrogen (secondary N) is 3. The number of amides is 1. The van der Waals surface area contributed by atoms with Crippen LogP contribution in [0.3, 0.4) is 0 Å². The van der Waals surface area contributed by atoms with Crippen molar-refractivity contribution in [2.24, 2.45) is 0 Å². The van der Waals surface area contributed by atoms with E-state index in [0.29, 0.717) is 29.1 Å². The fraction of sp³-hybridized carbons (Fsp3) is 0.296. The highest BCUT2D eigenvalue weighted by Gasteiger charge is 2.44. The van der Waals surface area contributed by atoms with Gasteiger partial charge in [-0.1, -0.05) is 18.2 Å². The van der Waals surface area contributed by atoms with Crippen LogP contribution in [0, 0.1) is 5.41 Å². The molecule has 0 atom stereocenters. The molecule has 34 heavy (non-hydrogen) atoms. The Morgan fingerprint density at radius 3 is 2.50 bits per heavy atom. The third-order valence-electron chi connectivity index (χ3n) is 6.94. The second kappa shape index (κ2) is 9.27. The highest BCUT2D eigenvalue weighted by atomic mass is 16.1. The molecule has 2 heterocycles. The fourth-order valence-electron chi connectivity index (χ4n) is 4.58. The van der Waals surface area contributed by atoms with Gasteiger partial charge < -0.3 is 21.3 Å². The van der Waals surface area contributed by atoms with Crippen LogP contribution in [0.25, 0.3) is 0 Å². The number of benzene rings is 2. The average Bonchev–Trinajstić information content (AvgIpc) is 3.69. The van der Waals surface area contributed by atoms with Crippen LogP contribution in [-0.4, -0.2) is 49.3 Å². The fourth-order valence-corrected chi connectivity index (χ4v) is 4.58. The Morgan fingerprint density at radius 2 is 1.82 bits per heavy atom. The monoisotopic (exact) mass is 454 g/mol. The molecule has 5 N–H and O–H groups in total. The predicted molar refractivity (Wildman–Crippen MR) is 136 cm³/mol. The highest BCUT2D eigenvalue weighted by Crippen LogP contribution is 2.47. The molecule has 2 aromatic carbocycles. The summed E-state index contributed by atoms with van der Waals surface area (Å²) in [5.41, 5.74) is 11.2. The number of nitrogen functional groups attached to an aromatic ring is 1. The zero-order chi connectivity index (χ0) is 23.5. The summed E-state index contributed by atoms with van der Waals surface area (Å²) in [5, 5.41) is 15.2. The van der Waals surface area contributed by atoms with E-state index in [1.807, 2.05) is 24.4 Å². The van der Waals surface area contributed by atoms with Crippen LogP contribution in [0.5, 0.6) is 0 Å². The van der Waals surface area contributed by atoms with E-state index in [4.69, 9.17) is 11.1 Å². The number of carbonyl (C=O) groups excluding carboxylic acids is 1. The van der Waals surface area contributed by atoms with Crippen molar-refractivity contribution in [1.82, 2.24) is 15.6 Å². The maximum Gasteiger partial charge on any atom is 0.251 e. The molecule has 0 unspecified atom stereocenters. The molecule has 3 aromatic rings. The van der Waals surface area contributed by atoms with Crippen molar-refractivity contribution in [2.75, 3.05) is 43.4 Å². The predicted octanol–water partition coefficient (Wildman–Crippen LogP) is 2.95. The summed E-state index contributed by atoms with van der Waals surface area (Å²) in [5.74, 6) is -0.154. The molecule has 1 saturated heterocycles. The van der Waals surface area contributed by atoms with E-state index in [1.165, 1.54) is 5.56 Å². The largest absolute Gasteiger partial charge is 0.398 e. The minimum atomic E-state index is -0.154. The Kier molecular flexibility index (Phi) is 6.02. The standard InChI is InChI=1S/C27H30N6O/c28-24-8-5-20(26(34)32-18-27(9-10-27)21-2-1-11-31-17-21)16-23(24)25(29)19-3-6-22(7-4-19)33-14-12-30-13-15-33/h1-8,11,16-17,29-30H,9-10,12-15,18,28H2,(H,32,34). The Labute approximate surface area is 199 Å². The quantitative estimate of drug-likeness (QED) is 0.324. The van der Waals surface area contributed by atoms with Crippen LogP contribution in [0.2, 0.25) is 0 Å². The van der Waals surface area contributed by atoms with Crippen molar-refractivity contribution in [3.05, 3.63) is 89.2 Å². The minimum Gasteiger partial charge on any atom is -0.398 e. The number of nitrogens with two attached hydrogens (primary N) is 1. The number of piperazine rings is 1. The van der Waals surface area contributed by atoms with Gasteiger partial charge in [0.25, 0.3) is 5.91 Å². The van der Waals surface area contributed by atoms with Crippen LogP contribution in [0.15, 0.2) is 67.0 Å². The zero-order valence-electron chi connectivity index (χ0n) is 19.2. The SMILES string of the molecule is N=C(c1ccc(N2CCNCC2)cc1)c1cc(C(=O)NCC2(c3cccnc3)CC2)ccc1N. The number of rotatable bonds is 7. The van der Waals surface area contributed by atoms with Gasteiger partial charge in [-0.25, -0.2) is 0 Å². The molecule has 0 radical (unpaired) electrons. The second-order valence-electron chi connectivity index (χ2n) is 9.17. The molecule has 5 rings (SSSR count). The maximum atomic E-state index is 12.9. The van der Waals surface area contributed by atoms with Gasteiger partial charge in [-0.15, -0.1) is 0 Å². The topological polar surface area (TPSA) is 107 Å². The van der Waals surface area contributed by atoms with Gasteiger partial charge in [-0.2, -0.15) is 0 Å². The molecule has 2 aliphatic rings. The lowest BCUT2D eigenvalue weighted by Gasteiger charge is -2.29. The molecule has 2 fully saturated rings. The smallest absolute Gasteiger partial charge is 0.251 e. The summed E-state index contributed by atoms with van der Waals surface area (Å²) in [7, 11) is 0. The number of hydrogen-bond acceptors (Lipinski definition) is 6. The summed E-state index contributed by atoms with van der Waals surface area (Å²) < 4.78 is 0. The summed E-state index contributed by atoms with van der Waals surface area (Å²) >= 11 is 0. The Hall–Kier alpha value is -3.71. The number of anilines is 2. The van der Waals surface area contributed by atoms with Gasteiger partial charge >= 0.3 is 0 Å². The number of pyridine rings is 1. The lowest BCUT2D eigenvalue weighted by Crippen LogP contribution is -2.43. The van der Waals surface area contributed by atoms with Crippen molar-refractivity contribution in [3.8, 4) is 0 Å². The third-order valence-corrected chi connectivity index (χ3v) is 6.94. The molecule has 0 spiro atoms.